The Morgan fingerprint density at radius 3 is 2.12 bits per heavy atom. The summed E-state index contributed by atoms with van der Waals surface area (Å²) in [5.41, 5.74) is -0.442. The van der Waals surface area contributed by atoms with Gasteiger partial charge in [0.05, 0.1) is 12.5 Å². The van der Waals surface area contributed by atoms with Crippen LogP contribution in [0.4, 0.5) is 0 Å². The normalized spacial score (nSPS) is 15.8. The average molecular weight is 245 g/mol. The van der Waals surface area contributed by atoms with Gasteiger partial charge in [-0.1, -0.05) is 13.8 Å². The summed E-state index contributed by atoms with van der Waals surface area (Å²) in [6, 6.07) is 0.146. The summed E-state index contributed by atoms with van der Waals surface area (Å²) in [4.78, 5) is 11.7. The number of likely N-dealkylation sites (N-methyl/N-ethyl adjacent to an activating group) is 1. The third kappa shape index (κ3) is 6.64. The first-order valence-corrected chi connectivity index (χ1v) is 6.13. The molecule has 0 bridgehead atoms. The maximum atomic E-state index is 11.7. The van der Waals surface area contributed by atoms with Gasteiger partial charge in [-0.05, 0) is 33.7 Å². The van der Waals surface area contributed by atoms with Crippen molar-refractivity contribution in [1.82, 2.24) is 5.32 Å². The number of ether oxygens (including phenoxy) is 2. The fourth-order valence-corrected chi connectivity index (χ4v) is 1.85. The highest BCUT2D eigenvalue weighted by molar-refractivity contribution is 5.70. The molecule has 4 nitrogen and oxygen atoms in total. The molecule has 0 saturated heterocycles. The molecule has 0 aliphatic rings. The smallest absolute Gasteiger partial charge is 0.309 e. The van der Waals surface area contributed by atoms with Crippen molar-refractivity contribution in [2.75, 3.05) is 14.2 Å². The molecule has 0 aliphatic heterocycles. The molecule has 0 aromatic rings. The summed E-state index contributed by atoms with van der Waals surface area (Å²) < 4.78 is 10.7. The van der Waals surface area contributed by atoms with E-state index in [1.165, 1.54) is 0 Å². The van der Waals surface area contributed by atoms with Crippen LogP contribution in [0.25, 0.3) is 0 Å². The van der Waals surface area contributed by atoms with Crippen LogP contribution in [0.3, 0.4) is 0 Å². The van der Waals surface area contributed by atoms with Crippen LogP contribution in [-0.2, 0) is 14.3 Å². The number of hydrogen-bond acceptors (Lipinski definition) is 4. The molecule has 0 aromatic heterocycles. The van der Waals surface area contributed by atoms with Crippen LogP contribution < -0.4 is 5.32 Å². The first-order valence-electron chi connectivity index (χ1n) is 6.13. The maximum absolute atomic E-state index is 11.7. The summed E-state index contributed by atoms with van der Waals surface area (Å²) in [6.45, 7) is 9.80. The molecule has 0 spiro atoms. The lowest BCUT2D eigenvalue weighted by molar-refractivity contribution is -0.158. The van der Waals surface area contributed by atoms with Crippen molar-refractivity contribution in [2.45, 2.75) is 58.8 Å². The van der Waals surface area contributed by atoms with Crippen LogP contribution in [0.1, 0.15) is 41.0 Å². The standard InChI is InChI=1S/C13H27NO3/c1-9(2)12(14-6)10(16-7)8-11(15)17-13(3,4)5/h9-10,12,14H,8H2,1-7H3/t10-,12?/m1/s1. The molecule has 2 atom stereocenters. The topological polar surface area (TPSA) is 47.6 Å². The molecule has 1 N–H and O–H groups in total. The monoisotopic (exact) mass is 245 g/mol. The van der Waals surface area contributed by atoms with Gasteiger partial charge in [-0.25, -0.2) is 0 Å². The van der Waals surface area contributed by atoms with E-state index in [1.807, 2.05) is 27.8 Å². The van der Waals surface area contributed by atoms with E-state index in [4.69, 9.17) is 9.47 Å². The van der Waals surface area contributed by atoms with E-state index in [9.17, 15) is 4.79 Å². The van der Waals surface area contributed by atoms with Gasteiger partial charge in [0, 0.05) is 13.2 Å². The number of carbonyl (C=O) groups excluding carboxylic acids is 1. The van der Waals surface area contributed by atoms with Gasteiger partial charge in [0.2, 0.25) is 0 Å². The van der Waals surface area contributed by atoms with Gasteiger partial charge in [-0.3, -0.25) is 4.79 Å². The van der Waals surface area contributed by atoms with E-state index < -0.39 is 5.60 Å². The van der Waals surface area contributed by atoms with Crippen molar-refractivity contribution < 1.29 is 14.3 Å². The molecule has 0 rings (SSSR count). The van der Waals surface area contributed by atoms with Crippen LogP contribution in [0.5, 0.6) is 0 Å². The van der Waals surface area contributed by atoms with Crippen molar-refractivity contribution in [3.05, 3.63) is 0 Å². The number of hydrogen-bond donors (Lipinski definition) is 1. The summed E-state index contributed by atoms with van der Waals surface area (Å²) >= 11 is 0. The van der Waals surface area contributed by atoms with E-state index in [0.717, 1.165) is 0 Å². The van der Waals surface area contributed by atoms with Gasteiger partial charge >= 0.3 is 5.97 Å². The van der Waals surface area contributed by atoms with Crippen LogP contribution in [0.15, 0.2) is 0 Å². The minimum Gasteiger partial charge on any atom is -0.460 e. The molecule has 1 unspecified atom stereocenters. The van der Waals surface area contributed by atoms with Gasteiger partial charge in [-0.15, -0.1) is 0 Å². The second-order valence-corrected chi connectivity index (χ2v) is 5.62. The van der Waals surface area contributed by atoms with Crippen LogP contribution in [-0.4, -0.2) is 37.9 Å². The van der Waals surface area contributed by atoms with Crippen molar-refractivity contribution in [1.29, 1.82) is 0 Å². The number of carbonyl (C=O) groups is 1. The van der Waals surface area contributed by atoms with Crippen LogP contribution in [0.2, 0.25) is 0 Å². The second kappa shape index (κ2) is 6.97. The molecule has 0 heterocycles. The predicted molar refractivity (Wildman–Crippen MR) is 68.9 cm³/mol. The molecule has 0 amide bonds. The Bertz CT molecular complexity index is 233. The van der Waals surface area contributed by atoms with Gasteiger partial charge in [-0.2, -0.15) is 0 Å². The predicted octanol–water partition coefficient (Wildman–Crippen LogP) is 1.98. The summed E-state index contributed by atoms with van der Waals surface area (Å²) in [7, 11) is 3.51. The van der Waals surface area contributed by atoms with Crippen LogP contribution >= 0.6 is 0 Å². The first kappa shape index (κ1) is 16.4. The lowest BCUT2D eigenvalue weighted by Crippen LogP contribution is -2.44. The molecular weight excluding hydrogens is 218 g/mol. The Balaban J connectivity index is 4.44. The van der Waals surface area contributed by atoms with Gasteiger partial charge < -0.3 is 14.8 Å². The first-order chi connectivity index (χ1) is 7.71. The number of methoxy groups -OCH3 is 1. The van der Waals surface area contributed by atoms with E-state index in [-0.39, 0.29) is 24.5 Å². The number of nitrogens with one attached hydrogen (secondary N) is 1. The molecule has 0 radical (unpaired) electrons. The molecule has 0 aliphatic carbocycles. The van der Waals surface area contributed by atoms with Crippen molar-refractivity contribution in [3.8, 4) is 0 Å². The largest absolute Gasteiger partial charge is 0.460 e. The Morgan fingerprint density at radius 2 is 1.82 bits per heavy atom. The second-order valence-electron chi connectivity index (χ2n) is 5.62. The van der Waals surface area contributed by atoms with E-state index in [0.29, 0.717) is 5.92 Å². The lowest BCUT2D eigenvalue weighted by atomic mass is 9.96. The Morgan fingerprint density at radius 1 is 1.29 bits per heavy atom. The molecule has 4 heteroatoms. The van der Waals surface area contributed by atoms with Crippen LogP contribution in [0, 0.1) is 5.92 Å². The number of rotatable bonds is 6. The lowest BCUT2D eigenvalue weighted by Gasteiger charge is -2.29. The zero-order valence-corrected chi connectivity index (χ0v) is 12.2. The molecule has 0 fully saturated rings. The molecule has 0 aromatic carbocycles. The van der Waals surface area contributed by atoms with E-state index in [2.05, 4.69) is 19.2 Å². The third-order valence-corrected chi connectivity index (χ3v) is 2.54. The fourth-order valence-electron chi connectivity index (χ4n) is 1.85. The SMILES string of the molecule is CNC(C(C)C)[C@@H](CC(=O)OC(C)(C)C)OC. The summed E-state index contributed by atoms with van der Waals surface area (Å²) in [6.07, 6.45) is 0.118. The fraction of sp³-hybridized carbons (Fsp3) is 0.923. The highest BCUT2D eigenvalue weighted by Crippen LogP contribution is 2.15. The van der Waals surface area contributed by atoms with E-state index >= 15 is 0 Å². The minimum absolute atomic E-state index is 0.146. The van der Waals surface area contributed by atoms with Crippen molar-refractivity contribution in [3.63, 3.8) is 0 Å². The van der Waals surface area contributed by atoms with Gasteiger partial charge in [0.25, 0.3) is 0 Å². The molecule has 0 saturated carbocycles. The summed E-state index contributed by atoms with van der Waals surface area (Å²) in [5, 5.41) is 3.19. The van der Waals surface area contributed by atoms with Gasteiger partial charge in [0.1, 0.15) is 5.60 Å². The molecular formula is C13H27NO3. The Labute approximate surface area is 105 Å². The average Bonchev–Trinajstić information content (AvgIpc) is 2.13. The Kier molecular flexibility index (Phi) is 6.72. The van der Waals surface area contributed by atoms with Gasteiger partial charge in [0.15, 0.2) is 0 Å². The summed E-state index contributed by atoms with van der Waals surface area (Å²) in [5.74, 6) is 0.178. The van der Waals surface area contributed by atoms with Crippen molar-refractivity contribution >= 4 is 5.97 Å². The zero-order valence-electron chi connectivity index (χ0n) is 12.2. The highest BCUT2D eigenvalue weighted by Gasteiger charge is 2.27. The maximum Gasteiger partial charge on any atom is 0.309 e. The quantitative estimate of drug-likeness (QED) is 0.727. The number of esters is 1. The van der Waals surface area contributed by atoms with Crippen molar-refractivity contribution in [2.24, 2.45) is 5.92 Å². The molecule has 17 heavy (non-hydrogen) atoms. The minimum atomic E-state index is -0.442. The zero-order chi connectivity index (χ0) is 13.6. The Hall–Kier alpha value is -0.610. The molecule has 102 valence electrons. The highest BCUT2D eigenvalue weighted by atomic mass is 16.6. The van der Waals surface area contributed by atoms with E-state index in [1.54, 1.807) is 7.11 Å². The third-order valence-electron chi connectivity index (χ3n) is 2.54.